The summed E-state index contributed by atoms with van der Waals surface area (Å²) in [4.78, 5) is 6.39. The normalized spacial score (nSPS) is 11.6. The first kappa shape index (κ1) is 14.2. The molecule has 0 aromatic heterocycles. The van der Waals surface area contributed by atoms with Crippen LogP contribution < -0.4 is 5.32 Å². The van der Waals surface area contributed by atoms with E-state index in [1.165, 1.54) is 12.8 Å². The van der Waals surface area contributed by atoms with Crippen LogP contribution in [0.25, 0.3) is 0 Å². The Hall–Kier alpha value is -0.770. The minimum atomic E-state index is 0.794. The number of nitrogens with zero attached hydrogens (tertiary/aromatic N) is 2. The molecule has 0 aromatic carbocycles. The van der Waals surface area contributed by atoms with Gasteiger partial charge in [0, 0.05) is 40.9 Å². The third kappa shape index (κ3) is 7.19. The molecule has 0 spiro atoms. The summed E-state index contributed by atoms with van der Waals surface area (Å²) in [5.41, 5.74) is 0. The molecule has 1 N–H and O–H groups in total. The largest absolute Gasteiger partial charge is 0.385 e. The van der Waals surface area contributed by atoms with Crippen molar-refractivity contribution in [1.29, 1.82) is 0 Å². The molecule has 0 unspecified atom stereocenters. The fourth-order valence-electron chi connectivity index (χ4n) is 1.30. The maximum atomic E-state index is 4.99. The van der Waals surface area contributed by atoms with Gasteiger partial charge in [-0.05, 0) is 12.8 Å². The van der Waals surface area contributed by atoms with E-state index in [0.717, 1.165) is 32.1 Å². The molecule has 0 aliphatic rings. The quantitative estimate of drug-likeness (QED) is 0.395. The first-order chi connectivity index (χ1) is 7.26. The van der Waals surface area contributed by atoms with Crippen molar-refractivity contribution in [3.05, 3.63) is 0 Å². The van der Waals surface area contributed by atoms with Gasteiger partial charge in [0.1, 0.15) is 0 Å². The van der Waals surface area contributed by atoms with E-state index < -0.39 is 0 Å². The lowest BCUT2D eigenvalue weighted by atomic mass is 10.3. The van der Waals surface area contributed by atoms with E-state index in [0.29, 0.717) is 0 Å². The molecule has 0 saturated carbocycles. The summed E-state index contributed by atoms with van der Waals surface area (Å²) in [6.07, 6.45) is 3.43. The lowest BCUT2D eigenvalue weighted by Crippen LogP contribution is -2.39. The first-order valence-electron chi connectivity index (χ1n) is 5.67. The van der Waals surface area contributed by atoms with Gasteiger partial charge < -0.3 is 15.0 Å². The highest BCUT2D eigenvalue weighted by molar-refractivity contribution is 5.79. The number of ether oxygens (including phenoxy) is 1. The number of nitrogens with one attached hydrogen (secondary N) is 1. The Kier molecular flexibility index (Phi) is 9.27. The van der Waals surface area contributed by atoms with Crippen molar-refractivity contribution in [3.8, 4) is 0 Å². The second kappa shape index (κ2) is 9.77. The van der Waals surface area contributed by atoms with E-state index in [4.69, 9.17) is 4.74 Å². The van der Waals surface area contributed by atoms with E-state index in [1.807, 2.05) is 7.05 Å². The summed E-state index contributed by atoms with van der Waals surface area (Å²) in [6.45, 7) is 4.96. The lowest BCUT2D eigenvalue weighted by Gasteiger charge is -2.21. The molecule has 0 aliphatic carbocycles. The number of aliphatic imine (C=N–C) groups is 1. The summed E-state index contributed by atoms with van der Waals surface area (Å²) in [5.74, 6) is 0.972. The van der Waals surface area contributed by atoms with Gasteiger partial charge in [-0.1, -0.05) is 13.3 Å². The van der Waals surface area contributed by atoms with Gasteiger partial charge in [-0.3, -0.25) is 4.99 Å². The van der Waals surface area contributed by atoms with Gasteiger partial charge in [0.25, 0.3) is 0 Å². The molecule has 0 bridgehead atoms. The van der Waals surface area contributed by atoms with Crippen LogP contribution in [0.2, 0.25) is 0 Å². The molecule has 4 heteroatoms. The van der Waals surface area contributed by atoms with Crippen LogP contribution in [0.5, 0.6) is 0 Å². The topological polar surface area (TPSA) is 36.9 Å². The van der Waals surface area contributed by atoms with Crippen LogP contribution in [0.3, 0.4) is 0 Å². The second-order valence-corrected chi connectivity index (χ2v) is 3.60. The van der Waals surface area contributed by atoms with Crippen molar-refractivity contribution in [2.24, 2.45) is 4.99 Å². The van der Waals surface area contributed by atoms with E-state index in [1.54, 1.807) is 7.11 Å². The molecular weight excluding hydrogens is 190 g/mol. The van der Waals surface area contributed by atoms with E-state index in [2.05, 4.69) is 29.2 Å². The highest BCUT2D eigenvalue weighted by Crippen LogP contribution is 1.92. The third-order valence-corrected chi connectivity index (χ3v) is 2.23. The standard InChI is InChI=1S/C11H25N3O/c1-5-6-9-14(3)11(12-2)13-8-7-10-15-4/h5-10H2,1-4H3,(H,12,13). The van der Waals surface area contributed by atoms with Crippen LogP contribution in [0.1, 0.15) is 26.2 Å². The van der Waals surface area contributed by atoms with Crippen LogP contribution in [0.4, 0.5) is 0 Å². The van der Waals surface area contributed by atoms with Crippen molar-refractivity contribution in [3.63, 3.8) is 0 Å². The number of hydrogen-bond acceptors (Lipinski definition) is 2. The summed E-state index contributed by atoms with van der Waals surface area (Å²) < 4.78 is 4.99. The van der Waals surface area contributed by atoms with Gasteiger partial charge in [0.05, 0.1) is 0 Å². The second-order valence-electron chi connectivity index (χ2n) is 3.60. The van der Waals surface area contributed by atoms with Crippen molar-refractivity contribution in [1.82, 2.24) is 10.2 Å². The minimum Gasteiger partial charge on any atom is -0.385 e. The predicted molar refractivity (Wildman–Crippen MR) is 65.4 cm³/mol. The van der Waals surface area contributed by atoms with Crippen molar-refractivity contribution >= 4 is 5.96 Å². The fraction of sp³-hybridized carbons (Fsp3) is 0.909. The molecule has 0 amide bonds. The minimum absolute atomic E-state index is 0.794. The maximum Gasteiger partial charge on any atom is 0.193 e. The number of guanidine groups is 1. The van der Waals surface area contributed by atoms with Crippen molar-refractivity contribution < 1.29 is 4.74 Å². The molecule has 0 heterocycles. The summed E-state index contributed by atoms with van der Waals surface area (Å²) in [5, 5.41) is 3.31. The van der Waals surface area contributed by atoms with Gasteiger partial charge in [0.2, 0.25) is 0 Å². The molecule has 0 saturated heterocycles. The molecule has 0 fully saturated rings. The van der Waals surface area contributed by atoms with Crippen LogP contribution in [-0.2, 0) is 4.74 Å². The van der Waals surface area contributed by atoms with Crippen molar-refractivity contribution in [2.45, 2.75) is 26.2 Å². The number of unbranched alkanes of at least 4 members (excludes halogenated alkanes) is 1. The van der Waals surface area contributed by atoms with Crippen LogP contribution in [0, 0.1) is 0 Å². The predicted octanol–water partition coefficient (Wildman–Crippen LogP) is 1.33. The zero-order valence-electron chi connectivity index (χ0n) is 10.5. The number of rotatable bonds is 7. The molecule has 0 atom stereocenters. The Labute approximate surface area is 93.7 Å². The van der Waals surface area contributed by atoms with E-state index >= 15 is 0 Å². The molecule has 15 heavy (non-hydrogen) atoms. The maximum absolute atomic E-state index is 4.99. The Balaban J connectivity index is 3.71. The average molecular weight is 215 g/mol. The third-order valence-electron chi connectivity index (χ3n) is 2.23. The Morgan fingerprint density at radius 1 is 1.40 bits per heavy atom. The molecule has 0 aromatic rings. The molecule has 0 radical (unpaired) electrons. The van der Waals surface area contributed by atoms with Gasteiger partial charge in [0.15, 0.2) is 5.96 Å². The van der Waals surface area contributed by atoms with Crippen molar-refractivity contribution in [2.75, 3.05) is 40.9 Å². The average Bonchev–Trinajstić information content (AvgIpc) is 2.26. The number of hydrogen-bond donors (Lipinski definition) is 1. The van der Waals surface area contributed by atoms with E-state index in [-0.39, 0.29) is 0 Å². The van der Waals surface area contributed by atoms with Gasteiger partial charge >= 0.3 is 0 Å². The zero-order chi connectivity index (χ0) is 11.5. The molecule has 4 nitrogen and oxygen atoms in total. The SMILES string of the molecule is CCCCN(C)C(=NC)NCCCOC. The van der Waals surface area contributed by atoms with Crippen LogP contribution in [0.15, 0.2) is 4.99 Å². The van der Waals surface area contributed by atoms with E-state index in [9.17, 15) is 0 Å². The molecular formula is C11H25N3O. The number of methoxy groups -OCH3 is 1. The Morgan fingerprint density at radius 2 is 2.13 bits per heavy atom. The Bertz CT molecular complexity index is 171. The van der Waals surface area contributed by atoms with Gasteiger partial charge in [-0.25, -0.2) is 0 Å². The summed E-state index contributed by atoms with van der Waals surface area (Å²) >= 11 is 0. The molecule has 90 valence electrons. The Morgan fingerprint density at radius 3 is 2.67 bits per heavy atom. The fourth-order valence-corrected chi connectivity index (χ4v) is 1.30. The van der Waals surface area contributed by atoms with Crippen LogP contribution in [-0.4, -0.2) is 51.8 Å². The zero-order valence-corrected chi connectivity index (χ0v) is 10.5. The van der Waals surface area contributed by atoms with Gasteiger partial charge in [-0.2, -0.15) is 0 Å². The van der Waals surface area contributed by atoms with Gasteiger partial charge in [-0.15, -0.1) is 0 Å². The lowest BCUT2D eigenvalue weighted by molar-refractivity contribution is 0.195. The van der Waals surface area contributed by atoms with Crippen LogP contribution >= 0.6 is 0 Å². The highest BCUT2D eigenvalue weighted by Gasteiger charge is 2.03. The smallest absolute Gasteiger partial charge is 0.193 e. The summed E-state index contributed by atoms with van der Waals surface area (Å²) in [6, 6.07) is 0. The highest BCUT2D eigenvalue weighted by atomic mass is 16.5. The monoisotopic (exact) mass is 215 g/mol. The molecule has 0 rings (SSSR count). The summed E-state index contributed by atoms with van der Waals surface area (Å²) in [7, 11) is 5.62. The molecule has 0 aliphatic heterocycles. The first-order valence-corrected chi connectivity index (χ1v) is 5.67.